The number of rotatable bonds is 7. The zero-order valence-corrected chi connectivity index (χ0v) is 18.0. The Kier molecular flexibility index (Phi) is 8.84. The van der Waals surface area contributed by atoms with Gasteiger partial charge in [0.05, 0.1) is 7.11 Å². The number of esters is 2. The van der Waals surface area contributed by atoms with Crippen LogP contribution in [0.3, 0.4) is 0 Å². The lowest BCUT2D eigenvalue weighted by atomic mass is 9.89. The van der Waals surface area contributed by atoms with Crippen molar-refractivity contribution in [2.45, 2.75) is 50.4 Å². The molecule has 0 aromatic carbocycles. The van der Waals surface area contributed by atoms with Gasteiger partial charge in [-0.15, -0.1) is 0 Å². The highest BCUT2D eigenvalue weighted by molar-refractivity contribution is 6.48. The van der Waals surface area contributed by atoms with Crippen LogP contribution >= 0.6 is 34.8 Å². The normalized spacial score (nSPS) is 20.6. The first-order chi connectivity index (χ1) is 12.9. The first kappa shape index (κ1) is 24.3. The number of nitrogens with zero attached hydrogens (tertiary/aromatic N) is 1. The highest BCUT2D eigenvalue weighted by Gasteiger charge is 2.56. The molecular formula is C16H20Cl3NO8. The van der Waals surface area contributed by atoms with Crippen LogP contribution in [-0.4, -0.2) is 58.7 Å². The van der Waals surface area contributed by atoms with Gasteiger partial charge >= 0.3 is 18.1 Å². The summed E-state index contributed by atoms with van der Waals surface area (Å²) in [6.45, 7) is 5.70. The van der Waals surface area contributed by atoms with Crippen molar-refractivity contribution >= 4 is 58.8 Å². The fraction of sp³-hybridized carbons (Fsp3) is 0.625. The van der Waals surface area contributed by atoms with Gasteiger partial charge in [-0.2, -0.15) is 0 Å². The Morgan fingerprint density at radius 3 is 2.07 bits per heavy atom. The molecule has 0 saturated carbocycles. The van der Waals surface area contributed by atoms with Crippen molar-refractivity contribution in [2.75, 3.05) is 7.11 Å². The van der Waals surface area contributed by atoms with Crippen LogP contribution in [0.25, 0.3) is 0 Å². The lowest BCUT2D eigenvalue weighted by Crippen LogP contribution is -2.66. The lowest BCUT2D eigenvalue weighted by molar-refractivity contribution is -0.203. The van der Waals surface area contributed by atoms with Crippen LogP contribution in [0.1, 0.15) is 27.7 Å². The molecule has 1 heterocycles. The molecule has 1 aliphatic rings. The van der Waals surface area contributed by atoms with E-state index in [2.05, 4.69) is 9.47 Å². The van der Waals surface area contributed by atoms with Gasteiger partial charge in [-0.05, 0) is 26.3 Å². The number of amides is 1. The van der Waals surface area contributed by atoms with Crippen molar-refractivity contribution in [3.63, 3.8) is 0 Å². The van der Waals surface area contributed by atoms with Gasteiger partial charge in [0.15, 0.2) is 11.1 Å². The summed E-state index contributed by atoms with van der Waals surface area (Å²) in [5.74, 6) is -3.17. The van der Waals surface area contributed by atoms with Crippen LogP contribution in [0.15, 0.2) is 11.3 Å². The van der Waals surface area contributed by atoms with Gasteiger partial charge in [0.25, 0.3) is 0 Å². The molecule has 0 aromatic heterocycles. The Hall–Kier alpha value is -1.71. The van der Waals surface area contributed by atoms with E-state index in [4.69, 9.17) is 44.3 Å². The number of likely N-dealkylation sites (tertiary alicyclic amines) is 1. The second-order valence-corrected chi connectivity index (χ2v) is 7.54. The zero-order chi connectivity index (χ0) is 21.8. The highest BCUT2D eigenvalue weighted by Crippen LogP contribution is 2.37. The fourth-order valence-electron chi connectivity index (χ4n) is 2.49. The first-order valence-corrected chi connectivity index (χ1v) is 9.28. The Labute approximate surface area is 176 Å². The molecule has 0 aliphatic carbocycles. The minimum atomic E-state index is -1.36. The fourth-order valence-corrected chi connectivity index (χ4v) is 2.66. The Bertz CT molecular complexity index is 677. The Morgan fingerprint density at radius 1 is 1.07 bits per heavy atom. The molecule has 28 heavy (non-hydrogen) atoms. The third-order valence-corrected chi connectivity index (χ3v) is 4.72. The molecule has 0 spiro atoms. The number of carbonyl (C=O) groups is 4. The topological polar surface area (TPSA) is 108 Å². The third-order valence-electron chi connectivity index (χ3n) is 3.66. The minimum absolute atomic E-state index is 0.0716. The molecule has 0 aromatic rings. The van der Waals surface area contributed by atoms with E-state index in [1.54, 1.807) is 13.8 Å². The number of alkyl halides is 3. The van der Waals surface area contributed by atoms with E-state index in [0.717, 1.165) is 18.9 Å². The number of halogens is 3. The quantitative estimate of drug-likeness (QED) is 0.188. The molecule has 0 bridgehead atoms. The minimum Gasteiger partial charge on any atom is -0.464 e. The predicted molar refractivity (Wildman–Crippen MR) is 98.4 cm³/mol. The van der Waals surface area contributed by atoms with Crippen molar-refractivity contribution in [1.82, 2.24) is 4.90 Å². The van der Waals surface area contributed by atoms with Crippen LogP contribution in [-0.2, 0) is 33.3 Å². The number of allylic oxidation sites excluding steroid dienone is 1. The van der Waals surface area contributed by atoms with Gasteiger partial charge in [-0.1, -0.05) is 34.8 Å². The van der Waals surface area contributed by atoms with Crippen LogP contribution < -0.4 is 0 Å². The first-order valence-electron chi connectivity index (χ1n) is 7.97. The number of hydrogen-bond donors (Lipinski definition) is 0. The summed E-state index contributed by atoms with van der Waals surface area (Å²) in [7, 11) is 1.15. The van der Waals surface area contributed by atoms with E-state index in [1.807, 2.05) is 0 Å². The summed E-state index contributed by atoms with van der Waals surface area (Å²) < 4.78 is 19.5. The van der Waals surface area contributed by atoms with E-state index >= 15 is 0 Å². The van der Waals surface area contributed by atoms with Gasteiger partial charge < -0.3 is 18.9 Å². The molecule has 158 valence electrons. The Balaban J connectivity index is 3.02. The van der Waals surface area contributed by atoms with Crippen molar-refractivity contribution in [2.24, 2.45) is 5.92 Å². The molecule has 1 amide bonds. The van der Waals surface area contributed by atoms with E-state index in [9.17, 15) is 19.2 Å². The van der Waals surface area contributed by atoms with Crippen LogP contribution in [0, 0.1) is 5.92 Å². The van der Waals surface area contributed by atoms with Gasteiger partial charge in [-0.25, -0.2) is 9.59 Å². The van der Waals surface area contributed by atoms with Crippen molar-refractivity contribution in [3.05, 3.63) is 11.3 Å². The highest BCUT2D eigenvalue weighted by atomic mass is 35.5. The van der Waals surface area contributed by atoms with Crippen molar-refractivity contribution in [3.8, 4) is 0 Å². The average molecular weight is 461 g/mol. The van der Waals surface area contributed by atoms with Crippen molar-refractivity contribution in [1.29, 1.82) is 0 Å². The smallest absolute Gasteiger partial charge is 0.464 e. The lowest BCUT2D eigenvalue weighted by Gasteiger charge is -2.47. The predicted octanol–water partition coefficient (Wildman–Crippen LogP) is 2.71. The Morgan fingerprint density at radius 2 is 1.64 bits per heavy atom. The van der Waals surface area contributed by atoms with E-state index in [1.165, 1.54) is 6.92 Å². The van der Waals surface area contributed by atoms with Crippen LogP contribution in [0.2, 0.25) is 0 Å². The van der Waals surface area contributed by atoms with Crippen molar-refractivity contribution < 1.29 is 38.1 Å². The molecule has 3 unspecified atom stereocenters. The molecule has 12 heteroatoms. The maximum Gasteiger partial charge on any atom is 0.510 e. The summed E-state index contributed by atoms with van der Waals surface area (Å²) in [6, 6.07) is 0. The molecule has 1 aliphatic heterocycles. The molecule has 0 N–H and O–H groups in total. The summed E-state index contributed by atoms with van der Waals surface area (Å²) in [6.07, 6.45) is -3.48. The number of methoxy groups -OCH3 is 1. The zero-order valence-electron chi connectivity index (χ0n) is 15.7. The van der Waals surface area contributed by atoms with Gasteiger partial charge in [0.2, 0.25) is 11.5 Å². The second kappa shape index (κ2) is 10.2. The molecule has 4 atom stereocenters. The molecular weight excluding hydrogens is 441 g/mol. The number of carbonyl (C=O) groups excluding carboxylic acids is 4. The molecule has 1 rings (SSSR count). The maximum absolute atomic E-state index is 12.7. The van der Waals surface area contributed by atoms with Crippen LogP contribution in [0.5, 0.6) is 0 Å². The summed E-state index contributed by atoms with van der Waals surface area (Å²) in [5, 5.41) is 0. The summed E-state index contributed by atoms with van der Waals surface area (Å²) in [4.78, 5) is 47.7. The van der Waals surface area contributed by atoms with Gasteiger partial charge in [0, 0.05) is 6.92 Å². The average Bonchev–Trinajstić information content (AvgIpc) is 2.57. The van der Waals surface area contributed by atoms with Gasteiger partial charge in [-0.3, -0.25) is 14.5 Å². The summed E-state index contributed by atoms with van der Waals surface area (Å²) >= 11 is 16.6. The largest absolute Gasteiger partial charge is 0.510 e. The molecule has 9 nitrogen and oxygen atoms in total. The van der Waals surface area contributed by atoms with E-state index in [-0.39, 0.29) is 5.70 Å². The maximum atomic E-state index is 12.7. The number of hydrogen-bond acceptors (Lipinski definition) is 8. The molecule has 1 fully saturated rings. The molecule has 1 saturated heterocycles. The van der Waals surface area contributed by atoms with Crippen LogP contribution in [0.4, 0.5) is 4.79 Å². The molecule has 0 radical (unpaired) electrons. The van der Waals surface area contributed by atoms with Gasteiger partial charge in [0.1, 0.15) is 17.7 Å². The second-order valence-electron chi connectivity index (χ2n) is 5.95. The summed E-state index contributed by atoms with van der Waals surface area (Å²) in [5.41, 5.74) is -0.973. The third kappa shape index (κ3) is 5.65. The van der Waals surface area contributed by atoms with E-state index in [0.29, 0.717) is 5.57 Å². The van der Waals surface area contributed by atoms with E-state index < -0.39 is 52.7 Å². The number of β-lactam (4-membered cyclic amide) rings is 1. The number of ether oxygens (including phenoxy) is 4. The standard InChI is InChI=1S/C16H20Cl3NO8/c1-6(2)10(15(23)25-5)20-13(22)9(14(20)27-8(4)21)7(3)26-16(24)28-12(19)11(17)18/h7,9,11-12,14H,1-5H3/t7?,9-,12?,14?/m1/s1. The monoisotopic (exact) mass is 459 g/mol. The SMILES string of the molecule is COC(=O)C(=C(C)C)N1C(=O)[C@@H](C(C)OC(=O)OC(Cl)C(Cl)Cl)C1OC(C)=O.